The minimum Gasteiger partial charge on any atom is -0.352 e. The SMILES string of the molecule is CC1=CC2=NC(=O)C[C@](C)(C(=O)NCC3(N(C)C)CCN(C)CC3)N2C=C1. The summed E-state index contributed by atoms with van der Waals surface area (Å²) in [5.74, 6) is 0.173. The minimum atomic E-state index is -0.958. The van der Waals surface area contributed by atoms with Gasteiger partial charge in [-0.1, -0.05) is 0 Å². The normalized spacial score (nSPS) is 27.9. The zero-order valence-corrected chi connectivity index (χ0v) is 17.1. The van der Waals surface area contributed by atoms with E-state index in [-0.39, 0.29) is 23.8 Å². The summed E-state index contributed by atoms with van der Waals surface area (Å²) in [7, 11) is 6.29. The van der Waals surface area contributed by atoms with Gasteiger partial charge < -0.3 is 20.0 Å². The third-order valence-electron chi connectivity index (χ3n) is 6.29. The molecule has 7 nitrogen and oxygen atoms in total. The van der Waals surface area contributed by atoms with Crippen molar-refractivity contribution >= 4 is 17.6 Å². The van der Waals surface area contributed by atoms with E-state index in [4.69, 9.17) is 0 Å². The Kier molecular flexibility index (Phi) is 5.27. The molecule has 3 aliphatic heterocycles. The van der Waals surface area contributed by atoms with Gasteiger partial charge in [-0.2, -0.15) is 4.99 Å². The van der Waals surface area contributed by atoms with E-state index in [2.05, 4.69) is 41.3 Å². The number of amidine groups is 1. The van der Waals surface area contributed by atoms with Crippen molar-refractivity contribution in [3.05, 3.63) is 23.9 Å². The number of hydrogen-bond acceptors (Lipinski definition) is 5. The van der Waals surface area contributed by atoms with Crippen molar-refractivity contribution in [1.29, 1.82) is 0 Å². The van der Waals surface area contributed by atoms with Crippen LogP contribution in [0.15, 0.2) is 28.9 Å². The fraction of sp³-hybridized carbons (Fsp3) is 0.650. The maximum absolute atomic E-state index is 13.2. The van der Waals surface area contributed by atoms with Gasteiger partial charge in [0.05, 0.1) is 6.42 Å². The molecular weight excluding hydrogens is 342 g/mol. The Hall–Kier alpha value is -1.99. The van der Waals surface area contributed by atoms with E-state index in [1.807, 2.05) is 37.1 Å². The number of carbonyl (C=O) groups excluding carboxylic acids is 2. The van der Waals surface area contributed by atoms with Gasteiger partial charge in [-0.05, 0) is 78.6 Å². The first-order valence-electron chi connectivity index (χ1n) is 9.58. The lowest BCUT2D eigenvalue weighted by Gasteiger charge is -2.47. The average Bonchev–Trinajstić information content (AvgIpc) is 2.60. The molecule has 1 N–H and O–H groups in total. The van der Waals surface area contributed by atoms with Gasteiger partial charge >= 0.3 is 0 Å². The summed E-state index contributed by atoms with van der Waals surface area (Å²) in [6.45, 7) is 6.38. The van der Waals surface area contributed by atoms with Crippen molar-refractivity contribution in [3.8, 4) is 0 Å². The molecule has 0 aromatic carbocycles. The van der Waals surface area contributed by atoms with E-state index in [1.165, 1.54) is 0 Å². The molecule has 0 aliphatic carbocycles. The number of fused-ring (bicyclic) bond motifs is 1. The van der Waals surface area contributed by atoms with Crippen LogP contribution in [0.2, 0.25) is 0 Å². The minimum absolute atomic E-state index is 0.0532. The molecule has 1 fully saturated rings. The molecule has 2 amide bonds. The zero-order valence-electron chi connectivity index (χ0n) is 17.1. The molecule has 0 radical (unpaired) electrons. The van der Waals surface area contributed by atoms with E-state index in [9.17, 15) is 9.59 Å². The van der Waals surface area contributed by atoms with E-state index < -0.39 is 5.54 Å². The van der Waals surface area contributed by atoms with Crippen LogP contribution in [0.1, 0.15) is 33.1 Å². The summed E-state index contributed by atoms with van der Waals surface area (Å²) in [4.78, 5) is 35.9. The monoisotopic (exact) mass is 373 g/mol. The first kappa shape index (κ1) is 19.8. The van der Waals surface area contributed by atoms with E-state index in [0.29, 0.717) is 12.4 Å². The van der Waals surface area contributed by atoms with Crippen LogP contribution in [0.5, 0.6) is 0 Å². The topological polar surface area (TPSA) is 68.2 Å². The summed E-state index contributed by atoms with van der Waals surface area (Å²) < 4.78 is 0. The zero-order chi connectivity index (χ0) is 19.8. The van der Waals surface area contributed by atoms with Gasteiger partial charge in [0.25, 0.3) is 5.91 Å². The molecule has 0 saturated carbocycles. The molecule has 3 aliphatic rings. The smallest absolute Gasteiger partial charge is 0.250 e. The van der Waals surface area contributed by atoms with Crippen molar-refractivity contribution in [2.24, 2.45) is 4.99 Å². The third-order valence-corrected chi connectivity index (χ3v) is 6.29. The highest BCUT2D eigenvalue weighted by atomic mass is 16.2. The molecule has 1 atom stereocenters. The summed E-state index contributed by atoms with van der Waals surface area (Å²) in [5.41, 5.74) is 0.00347. The van der Waals surface area contributed by atoms with Crippen LogP contribution in [0.3, 0.4) is 0 Å². The second-order valence-corrected chi connectivity index (χ2v) is 8.49. The Labute approximate surface area is 161 Å². The molecule has 0 bridgehead atoms. The molecule has 3 heterocycles. The molecule has 0 spiro atoms. The van der Waals surface area contributed by atoms with Crippen LogP contribution in [-0.4, -0.2) is 84.2 Å². The van der Waals surface area contributed by atoms with Crippen molar-refractivity contribution in [2.45, 2.75) is 44.2 Å². The number of allylic oxidation sites excluding steroid dienone is 2. The van der Waals surface area contributed by atoms with Gasteiger partial charge in [-0.3, -0.25) is 9.59 Å². The van der Waals surface area contributed by atoms with Crippen molar-refractivity contribution < 1.29 is 9.59 Å². The third kappa shape index (κ3) is 3.71. The van der Waals surface area contributed by atoms with E-state index >= 15 is 0 Å². The number of nitrogens with one attached hydrogen (secondary N) is 1. The Morgan fingerprint density at radius 3 is 2.63 bits per heavy atom. The van der Waals surface area contributed by atoms with Crippen molar-refractivity contribution in [3.63, 3.8) is 0 Å². The van der Waals surface area contributed by atoms with Crippen LogP contribution in [0.4, 0.5) is 0 Å². The Morgan fingerprint density at radius 1 is 1.33 bits per heavy atom. The van der Waals surface area contributed by atoms with Crippen molar-refractivity contribution in [1.82, 2.24) is 20.0 Å². The number of amides is 2. The number of carbonyl (C=O) groups is 2. The Bertz CT molecular complexity index is 716. The van der Waals surface area contributed by atoms with Gasteiger partial charge in [0, 0.05) is 18.3 Å². The second-order valence-electron chi connectivity index (χ2n) is 8.49. The lowest BCUT2D eigenvalue weighted by molar-refractivity contribution is -0.135. The van der Waals surface area contributed by atoms with Crippen LogP contribution in [0, 0.1) is 0 Å². The van der Waals surface area contributed by atoms with Crippen LogP contribution in [-0.2, 0) is 9.59 Å². The molecular formula is C20H31N5O2. The molecule has 27 heavy (non-hydrogen) atoms. The van der Waals surface area contributed by atoms with E-state index in [0.717, 1.165) is 31.5 Å². The van der Waals surface area contributed by atoms with E-state index in [1.54, 1.807) is 0 Å². The highest BCUT2D eigenvalue weighted by Crippen LogP contribution is 2.30. The highest BCUT2D eigenvalue weighted by molar-refractivity contribution is 6.09. The lowest BCUT2D eigenvalue weighted by atomic mass is 9.85. The number of hydrogen-bond donors (Lipinski definition) is 1. The standard InChI is InChI=1S/C20H31N5O2/c1-15-6-9-25-16(12-15)22-17(26)13-19(25,2)18(27)21-14-20(23(3)4)7-10-24(5)11-8-20/h6,9,12H,7-8,10-11,13-14H2,1-5H3,(H,21,27)/t19-/m1/s1. The number of likely N-dealkylation sites (N-methyl/N-ethyl adjacent to an activating group) is 1. The predicted octanol–water partition coefficient (Wildman–Crippen LogP) is 0.992. The van der Waals surface area contributed by atoms with Crippen LogP contribution >= 0.6 is 0 Å². The first-order chi connectivity index (χ1) is 12.7. The highest BCUT2D eigenvalue weighted by Gasteiger charge is 2.46. The van der Waals surface area contributed by atoms with Crippen molar-refractivity contribution in [2.75, 3.05) is 40.8 Å². The number of likely N-dealkylation sites (tertiary alicyclic amines) is 1. The molecule has 0 unspecified atom stereocenters. The summed E-state index contributed by atoms with van der Waals surface area (Å²) >= 11 is 0. The predicted molar refractivity (Wildman–Crippen MR) is 106 cm³/mol. The summed E-state index contributed by atoms with van der Waals surface area (Å²) in [5, 5.41) is 3.16. The Morgan fingerprint density at radius 2 is 2.00 bits per heavy atom. The first-order valence-corrected chi connectivity index (χ1v) is 9.58. The second kappa shape index (κ2) is 7.20. The number of aliphatic imine (C=N–C) groups is 1. The van der Waals surface area contributed by atoms with Gasteiger partial charge in [0.2, 0.25) is 5.91 Å². The molecule has 7 heteroatoms. The van der Waals surface area contributed by atoms with Gasteiger partial charge in [0.15, 0.2) is 0 Å². The maximum atomic E-state index is 13.2. The molecule has 0 aromatic heterocycles. The van der Waals surface area contributed by atoms with Gasteiger partial charge in [-0.15, -0.1) is 0 Å². The van der Waals surface area contributed by atoms with Crippen LogP contribution in [0.25, 0.3) is 0 Å². The molecule has 3 rings (SSSR count). The average molecular weight is 374 g/mol. The largest absolute Gasteiger partial charge is 0.352 e. The number of nitrogens with zero attached hydrogens (tertiary/aromatic N) is 4. The van der Waals surface area contributed by atoms with Gasteiger partial charge in [0.1, 0.15) is 11.4 Å². The molecule has 148 valence electrons. The lowest BCUT2D eigenvalue weighted by Crippen LogP contribution is -2.63. The van der Waals surface area contributed by atoms with Gasteiger partial charge in [-0.25, -0.2) is 0 Å². The maximum Gasteiger partial charge on any atom is 0.250 e. The quantitative estimate of drug-likeness (QED) is 0.796. The fourth-order valence-corrected chi connectivity index (χ4v) is 4.08. The Balaban J connectivity index is 1.76. The summed E-state index contributed by atoms with van der Waals surface area (Å²) in [6.07, 6.45) is 7.74. The molecule has 0 aromatic rings. The fourth-order valence-electron chi connectivity index (χ4n) is 4.08. The number of rotatable bonds is 4. The van der Waals surface area contributed by atoms with Crippen LogP contribution < -0.4 is 5.32 Å². The number of piperidine rings is 1. The summed E-state index contributed by atoms with van der Waals surface area (Å²) in [6, 6.07) is 0. The molecule has 1 saturated heterocycles.